The standard InChI is InChI=1S/C14H22FN/c1-4-7-16-10-12-5-6-14(15)9-13(12)8-11(2)3/h5-6,9,11,16H,4,7-8,10H2,1-3H3. The number of hydrogen-bond donors (Lipinski definition) is 1. The fraction of sp³-hybridized carbons (Fsp3) is 0.571. The van der Waals surface area contributed by atoms with Crippen LogP contribution in [0.5, 0.6) is 0 Å². The van der Waals surface area contributed by atoms with E-state index in [1.807, 2.05) is 6.07 Å². The first-order chi connectivity index (χ1) is 7.63. The van der Waals surface area contributed by atoms with Gasteiger partial charge in [0.15, 0.2) is 0 Å². The van der Waals surface area contributed by atoms with Crippen molar-refractivity contribution in [3.63, 3.8) is 0 Å². The van der Waals surface area contributed by atoms with Crippen LogP contribution in [0.15, 0.2) is 18.2 Å². The summed E-state index contributed by atoms with van der Waals surface area (Å²) in [5.41, 5.74) is 2.36. The third-order valence-electron chi connectivity index (χ3n) is 2.54. The van der Waals surface area contributed by atoms with Gasteiger partial charge < -0.3 is 5.32 Å². The lowest BCUT2D eigenvalue weighted by Crippen LogP contribution is -2.15. The Morgan fingerprint density at radius 2 is 2.00 bits per heavy atom. The first-order valence-electron chi connectivity index (χ1n) is 6.11. The Hall–Kier alpha value is -0.890. The van der Waals surface area contributed by atoms with Crippen molar-refractivity contribution in [3.8, 4) is 0 Å². The molecule has 0 spiro atoms. The van der Waals surface area contributed by atoms with Gasteiger partial charge in [0.1, 0.15) is 5.82 Å². The van der Waals surface area contributed by atoms with Crippen molar-refractivity contribution in [2.24, 2.45) is 5.92 Å². The Morgan fingerprint density at radius 1 is 1.25 bits per heavy atom. The number of hydrogen-bond acceptors (Lipinski definition) is 1. The molecule has 0 heterocycles. The molecule has 0 saturated carbocycles. The molecule has 1 aromatic rings. The monoisotopic (exact) mass is 223 g/mol. The van der Waals surface area contributed by atoms with E-state index in [1.165, 1.54) is 5.56 Å². The third kappa shape index (κ3) is 4.31. The smallest absolute Gasteiger partial charge is 0.123 e. The lowest BCUT2D eigenvalue weighted by Gasteiger charge is -2.12. The van der Waals surface area contributed by atoms with E-state index >= 15 is 0 Å². The second-order valence-corrected chi connectivity index (χ2v) is 4.69. The minimum Gasteiger partial charge on any atom is -0.313 e. The predicted molar refractivity (Wildman–Crippen MR) is 66.9 cm³/mol. The van der Waals surface area contributed by atoms with Gasteiger partial charge in [0.25, 0.3) is 0 Å². The molecule has 0 amide bonds. The first-order valence-corrected chi connectivity index (χ1v) is 6.11. The molecule has 0 radical (unpaired) electrons. The zero-order valence-electron chi connectivity index (χ0n) is 10.5. The summed E-state index contributed by atoms with van der Waals surface area (Å²) in [5.74, 6) is 0.432. The maximum absolute atomic E-state index is 13.2. The molecule has 0 unspecified atom stereocenters. The van der Waals surface area contributed by atoms with E-state index in [0.717, 1.165) is 31.5 Å². The molecule has 1 N–H and O–H groups in total. The van der Waals surface area contributed by atoms with Crippen molar-refractivity contribution in [3.05, 3.63) is 35.1 Å². The molecule has 1 aromatic carbocycles. The highest BCUT2D eigenvalue weighted by atomic mass is 19.1. The molecule has 16 heavy (non-hydrogen) atoms. The molecule has 0 aliphatic carbocycles. The zero-order chi connectivity index (χ0) is 12.0. The van der Waals surface area contributed by atoms with Gasteiger partial charge in [0, 0.05) is 6.54 Å². The van der Waals surface area contributed by atoms with Crippen molar-refractivity contribution in [1.29, 1.82) is 0 Å². The number of rotatable bonds is 6. The summed E-state index contributed by atoms with van der Waals surface area (Å²) >= 11 is 0. The van der Waals surface area contributed by atoms with E-state index in [0.29, 0.717) is 5.92 Å². The summed E-state index contributed by atoms with van der Waals surface area (Å²) in [6, 6.07) is 5.12. The van der Waals surface area contributed by atoms with Gasteiger partial charge in [-0.2, -0.15) is 0 Å². The van der Waals surface area contributed by atoms with Crippen molar-refractivity contribution in [2.45, 2.75) is 40.2 Å². The van der Waals surface area contributed by atoms with Gasteiger partial charge >= 0.3 is 0 Å². The average Bonchev–Trinajstić information content (AvgIpc) is 2.20. The van der Waals surface area contributed by atoms with Crippen LogP contribution in [0.3, 0.4) is 0 Å². The van der Waals surface area contributed by atoms with Gasteiger partial charge in [0.05, 0.1) is 0 Å². The topological polar surface area (TPSA) is 12.0 Å². The second-order valence-electron chi connectivity index (χ2n) is 4.69. The Balaban J connectivity index is 2.72. The van der Waals surface area contributed by atoms with Crippen LogP contribution in [0.1, 0.15) is 38.3 Å². The summed E-state index contributed by atoms with van der Waals surface area (Å²) in [5, 5.41) is 3.36. The van der Waals surface area contributed by atoms with Gasteiger partial charge in [-0.25, -0.2) is 4.39 Å². The van der Waals surface area contributed by atoms with E-state index < -0.39 is 0 Å². The Morgan fingerprint density at radius 3 is 2.62 bits per heavy atom. The second kappa shape index (κ2) is 6.64. The maximum atomic E-state index is 13.2. The molecular weight excluding hydrogens is 201 g/mol. The number of halogens is 1. The van der Waals surface area contributed by atoms with Gasteiger partial charge in [-0.05, 0) is 48.6 Å². The van der Waals surface area contributed by atoms with Gasteiger partial charge in [-0.1, -0.05) is 26.8 Å². The van der Waals surface area contributed by atoms with Crippen LogP contribution in [0.25, 0.3) is 0 Å². The lowest BCUT2D eigenvalue weighted by molar-refractivity contribution is 0.602. The summed E-state index contributed by atoms with van der Waals surface area (Å²) in [7, 11) is 0. The minimum atomic E-state index is -0.130. The van der Waals surface area contributed by atoms with Crippen LogP contribution in [0, 0.1) is 11.7 Å². The largest absolute Gasteiger partial charge is 0.313 e. The Labute approximate surface area is 98.1 Å². The van der Waals surface area contributed by atoms with Crippen LogP contribution < -0.4 is 5.32 Å². The predicted octanol–water partition coefficient (Wildman–Crippen LogP) is 3.52. The highest BCUT2D eigenvalue weighted by Gasteiger charge is 2.06. The van der Waals surface area contributed by atoms with Crippen molar-refractivity contribution >= 4 is 0 Å². The van der Waals surface area contributed by atoms with Crippen molar-refractivity contribution in [2.75, 3.05) is 6.54 Å². The van der Waals surface area contributed by atoms with Crippen LogP contribution >= 0.6 is 0 Å². The molecule has 2 heteroatoms. The van der Waals surface area contributed by atoms with Crippen LogP contribution in [-0.4, -0.2) is 6.54 Å². The molecule has 0 aliphatic heterocycles. The fourth-order valence-electron chi connectivity index (χ4n) is 1.80. The zero-order valence-corrected chi connectivity index (χ0v) is 10.5. The molecule has 0 fully saturated rings. The minimum absolute atomic E-state index is 0.130. The summed E-state index contributed by atoms with van der Waals surface area (Å²) in [4.78, 5) is 0. The summed E-state index contributed by atoms with van der Waals surface area (Å²) in [6.45, 7) is 8.32. The van der Waals surface area contributed by atoms with Gasteiger partial charge in [-0.15, -0.1) is 0 Å². The molecule has 0 bridgehead atoms. The van der Waals surface area contributed by atoms with Crippen molar-refractivity contribution < 1.29 is 4.39 Å². The van der Waals surface area contributed by atoms with E-state index in [1.54, 1.807) is 12.1 Å². The normalized spacial score (nSPS) is 11.1. The van der Waals surface area contributed by atoms with Gasteiger partial charge in [-0.3, -0.25) is 0 Å². The molecule has 0 aromatic heterocycles. The Bertz CT molecular complexity index is 321. The highest BCUT2D eigenvalue weighted by molar-refractivity contribution is 5.28. The molecule has 0 aliphatic rings. The highest BCUT2D eigenvalue weighted by Crippen LogP contribution is 2.15. The number of benzene rings is 1. The van der Waals surface area contributed by atoms with Gasteiger partial charge in [0.2, 0.25) is 0 Å². The van der Waals surface area contributed by atoms with E-state index in [4.69, 9.17) is 0 Å². The van der Waals surface area contributed by atoms with E-state index in [2.05, 4.69) is 26.1 Å². The SMILES string of the molecule is CCCNCc1ccc(F)cc1CC(C)C. The summed E-state index contributed by atoms with van der Waals surface area (Å²) in [6.07, 6.45) is 2.07. The van der Waals surface area contributed by atoms with Crippen molar-refractivity contribution in [1.82, 2.24) is 5.32 Å². The Kier molecular flexibility index (Phi) is 5.47. The maximum Gasteiger partial charge on any atom is 0.123 e. The molecular formula is C14H22FN. The molecule has 1 rings (SSSR count). The summed E-state index contributed by atoms with van der Waals surface area (Å²) < 4.78 is 13.2. The molecule has 90 valence electrons. The van der Waals surface area contributed by atoms with Crippen LogP contribution in [0.4, 0.5) is 4.39 Å². The van der Waals surface area contributed by atoms with E-state index in [-0.39, 0.29) is 5.82 Å². The molecule has 0 atom stereocenters. The van der Waals surface area contributed by atoms with Crippen LogP contribution in [-0.2, 0) is 13.0 Å². The lowest BCUT2D eigenvalue weighted by atomic mass is 9.98. The molecule has 1 nitrogen and oxygen atoms in total. The third-order valence-corrected chi connectivity index (χ3v) is 2.54. The average molecular weight is 223 g/mol. The van der Waals surface area contributed by atoms with Crippen LogP contribution in [0.2, 0.25) is 0 Å². The first kappa shape index (κ1) is 13.2. The fourth-order valence-corrected chi connectivity index (χ4v) is 1.80. The van der Waals surface area contributed by atoms with E-state index in [9.17, 15) is 4.39 Å². The quantitative estimate of drug-likeness (QED) is 0.728. The molecule has 0 saturated heterocycles. The number of nitrogens with one attached hydrogen (secondary N) is 1.